The Hall–Kier alpha value is -5.08. The number of rotatable bonds is 6. The molecule has 0 aliphatic carbocycles. The van der Waals surface area contributed by atoms with Crippen molar-refractivity contribution in [3.63, 3.8) is 0 Å². The third-order valence-corrected chi connectivity index (χ3v) is 6.75. The van der Waals surface area contributed by atoms with Crippen LogP contribution in [0.2, 0.25) is 5.02 Å². The van der Waals surface area contributed by atoms with Gasteiger partial charge in [-0.05, 0) is 66.2 Å². The van der Waals surface area contributed by atoms with E-state index in [-0.39, 0.29) is 18.2 Å². The monoisotopic (exact) mass is 549 g/mol. The van der Waals surface area contributed by atoms with Crippen molar-refractivity contribution in [1.82, 2.24) is 9.66 Å². The topological polar surface area (TPSA) is 88.1 Å². The molecule has 196 valence electrons. The van der Waals surface area contributed by atoms with Crippen LogP contribution in [0.3, 0.4) is 0 Å². The van der Waals surface area contributed by atoms with E-state index in [2.05, 4.69) is 5.10 Å². The number of hydrogen-bond acceptors (Lipinski definition) is 7. The van der Waals surface area contributed by atoms with Crippen LogP contribution in [-0.4, -0.2) is 22.7 Å². The lowest BCUT2D eigenvalue weighted by molar-refractivity contribution is 0.174. The van der Waals surface area contributed by atoms with E-state index in [9.17, 15) is 4.79 Å². The SMILES string of the molecule is O=c1c2ccccc2nc(-c2cc3cc(Cl)ccc3o2)n1N=Cc1ccccc1OCc1ccc2c(c1)OCO2. The Balaban J connectivity index is 1.26. The number of fused-ring (bicyclic) bond motifs is 3. The summed E-state index contributed by atoms with van der Waals surface area (Å²) in [5, 5.41) is 6.38. The third kappa shape index (κ3) is 4.44. The highest BCUT2D eigenvalue weighted by Crippen LogP contribution is 2.33. The van der Waals surface area contributed by atoms with E-state index in [4.69, 9.17) is 35.2 Å². The lowest BCUT2D eigenvalue weighted by Crippen LogP contribution is -2.20. The highest BCUT2D eigenvalue weighted by atomic mass is 35.5. The molecule has 9 heteroatoms. The summed E-state index contributed by atoms with van der Waals surface area (Å²) in [6.45, 7) is 0.525. The molecule has 0 N–H and O–H groups in total. The molecule has 0 spiro atoms. The van der Waals surface area contributed by atoms with Crippen molar-refractivity contribution in [2.45, 2.75) is 6.61 Å². The van der Waals surface area contributed by atoms with Crippen LogP contribution in [0.1, 0.15) is 11.1 Å². The maximum absolute atomic E-state index is 13.6. The van der Waals surface area contributed by atoms with Crippen molar-refractivity contribution in [2.75, 3.05) is 6.79 Å². The predicted molar refractivity (Wildman–Crippen MR) is 153 cm³/mol. The van der Waals surface area contributed by atoms with Gasteiger partial charge in [0.15, 0.2) is 17.3 Å². The fourth-order valence-electron chi connectivity index (χ4n) is 4.55. The van der Waals surface area contributed by atoms with Crippen LogP contribution < -0.4 is 19.8 Å². The number of benzene rings is 4. The number of nitrogens with zero attached hydrogens (tertiary/aromatic N) is 3. The standard InChI is InChI=1S/C31H20ClN3O5/c32-22-10-12-26-21(14-22)15-29(40-26)30-34-24-7-3-2-6-23(24)31(36)35(30)33-16-20-5-1-4-8-25(20)37-17-19-9-11-27-28(13-19)39-18-38-27/h1-16H,17-18H2. The van der Waals surface area contributed by atoms with Gasteiger partial charge in [0.1, 0.15) is 17.9 Å². The number of halogens is 1. The minimum absolute atomic E-state index is 0.214. The number of hydrogen-bond donors (Lipinski definition) is 0. The quantitative estimate of drug-likeness (QED) is 0.216. The molecule has 0 bridgehead atoms. The third-order valence-electron chi connectivity index (χ3n) is 6.52. The molecular formula is C31H20ClN3O5. The highest BCUT2D eigenvalue weighted by molar-refractivity contribution is 6.31. The van der Waals surface area contributed by atoms with Gasteiger partial charge in [-0.2, -0.15) is 9.78 Å². The van der Waals surface area contributed by atoms with Gasteiger partial charge in [-0.3, -0.25) is 4.79 Å². The number of ether oxygens (including phenoxy) is 3. The first-order valence-electron chi connectivity index (χ1n) is 12.5. The second kappa shape index (κ2) is 9.91. The van der Waals surface area contributed by atoms with E-state index < -0.39 is 0 Å². The molecule has 0 saturated heterocycles. The van der Waals surface area contributed by atoms with E-state index in [1.807, 2.05) is 48.5 Å². The molecule has 0 radical (unpaired) electrons. The largest absolute Gasteiger partial charge is 0.488 e. The van der Waals surface area contributed by atoms with Crippen LogP contribution in [0.15, 0.2) is 105 Å². The summed E-state index contributed by atoms with van der Waals surface area (Å²) < 4.78 is 24.3. The number of aromatic nitrogens is 2. The van der Waals surface area contributed by atoms with Crippen LogP contribution in [0, 0.1) is 0 Å². The zero-order valence-electron chi connectivity index (χ0n) is 20.9. The molecule has 4 aromatic carbocycles. The molecule has 40 heavy (non-hydrogen) atoms. The molecule has 0 saturated carbocycles. The number of furan rings is 1. The molecule has 0 atom stereocenters. The van der Waals surface area contributed by atoms with Crippen LogP contribution in [0.25, 0.3) is 33.5 Å². The van der Waals surface area contributed by atoms with Crippen molar-refractivity contribution < 1.29 is 18.6 Å². The normalized spacial score (nSPS) is 12.5. The van der Waals surface area contributed by atoms with Crippen molar-refractivity contribution in [3.8, 4) is 28.8 Å². The molecule has 8 nitrogen and oxygen atoms in total. The van der Waals surface area contributed by atoms with Crippen LogP contribution in [0.5, 0.6) is 17.2 Å². The fraction of sp³-hybridized carbons (Fsp3) is 0.0645. The van der Waals surface area contributed by atoms with Gasteiger partial charge < -0.3 is 18.6 Å². The maximum atomic E-state index is 13.6. The minimum atomic E-state index is -0.325. The molecule has 6 aromatic rings. The number of para-hydroxylation sites is 2. The zero-order valence-corrected chi connectivity index (χ0v) is 21.7. The Morgan fingerprint density at radius 1 is 0.950 bits per heavy atom. The molecule has 0 amide bonds. The Bertz CT molecular complexity index is 2000. The zero-order chi connectivity index (χ0) is 27.1. The van der Waals surface area contributed by atoms with Gasteiger partial charge in [-0.1, -0.05) is 41.9 Å². The Morgan fingerprint density at radius 3 is 2.75 bits per heavy atom. The molecule has 0 fully saturated rings. The average Bonchev–Trinajstić information content (AvgIpc) is 3.62. The van der Waals surface area contributed by atoms with Gasteiger partial charge in [0.05, 0.1) is 17.1 Å². The fourth-order valence-corrected chi connectivity index (χ4v) is 4.73. The lowest BCUT2D eigenvalue weighted by atomic mass is 10.2. The van der Waals surface area contributed by atoms with E-state index >= 15 is 0 Å². The maximum Gasteiger partial charge on any atom is 0.282 e. The second-order valence-corrected chi connectivity index (χ2v) is 9.56. The first kappa shape index (κ1) is 24.0. The van der Waals surface area contributed by atoms with Gasteiger partial charge >= 0.3 is 0 Å². The van der Waals surface area contributed by atoms with E-state index in [0.717, 1.165) is 10.9 Å². The molecular weight excluding hydrogens is 530 g/mol. The molecule has 2 aromatic heterocycles. The predicted octanol–water partition coefficient (Wildman–Crippen LogP) is 6.65. The molecule has 0 unspecified atom stereocenters. The summed E-state index contributed by atoms with van der Waals surface area (Å²) in [6, 6.07) is 27.4. The van der Waals surface area contributed by atoms with Crippen LogP contribution in [-0.2, 0) is 6.61 Å². The van der Waals surface area contributed by atoms with Gasteiger partial charge in [0.2, 0.25) is 12.6 Å². The first-order chi connectivity index (χ1) is 19.6. The first-order valence-corrected chi connectivity index (χ1v) is 12.9. The second-order valence-electron chi connectivity index (χ2n) is 9.12. The van der Waals surface area contributed by atoms with Gasteiger partial charge in [0.25, 0.3) is 5.56 Å². The Labute approximate surface area is 232 Å². The Kier molecular flexibility index (Phi) is 5.94. The van der Waals surface area contributed by atoms with E-state index in [1.165, 1.54) is 4.68 Å². The van der Waals surface area contributed by atoms with Crippen LogP contribution >= 0.6 is 11.6 Å². The van der Waals surface area contributed by atoms with Crippen molar-refractivity contribution in [2.24, 2.45) is 5.10 Å². The van der Waals surface area contributed by atoms with Gasteiger partial charge in [0, 0.05) is 16.0 Å². The summed E-state index contributed by atoms with van der Waals surface area (Å²) in [5.41, 5.74) is 2.46. The summed E-state index contributed by atoms with van der Waals surface area (Å²) in [7, 11) is 0. The van der Waals surface area contributed by atoms with Gasteiger partial charge in [-0.25, -0.2) is 4.98 Å². The Morgan fingerprint density at radius 2 is 1.80 bits per heavy atom. The minimum Gasteiger partial charge on any atom is -0.488 e. The van der Waals surface area contributed by atoms with Crippen LogP contribution in [0.4, 0.5) is 0 Å². The van der Waals surface area contributed by atoms with E-state index in [1.54, 1.807) is 48.7 Å². The summed E-state index contributed by atoms with van der Waals surface area (Å²) in [5.74, 6) is 2.68. The molecule has 1 aliphatic rings. The smallest absolute Gasteiger partial charge is 0.282 e. The summed E-state index contributed by atoms with van der Waals surface area (Å²) in [6.07, 6.45) is 1.58. The van der Waals surface area contributed by atoms with Crippen molar-refractivity contribution >= 4 is 39.7 Å². The highest BCUT2D eigenvalue weighted by Gasteiger charge is 2.17. The molecule has 1 aliphatic heterocycles. The van der Waals surface area contributed by atoms with Crippen molar-refractivity contribution in [3.05, 3.63) is 117 Å². The molecule has 3 heterocycles. The van der Waals surface area contributed by atoms with E-state index in [0.29, 0.717) is 56.7 Å². The summed E-state index contributed by atoms with van der Waals surface area (Å²) in [4.78, 5) is 18.3. The summed E-state index contributed by atoms with van der Waals surface area (Å²) >= 11 is 6.17. The molecule has 7 rings (SSSR count). The van der Waals surface area contributed by atoms with Crippen molar-refractivity contribution in [1.29, 1.82) is 0 Å². The van der Waals surface area contributed by atoms with Gasteiger partial charge in [-0.15, -0.1) is 0 Å². The average molecular weight is 550 g/mol. The lowest BCUT2D eigenvalue weighted by Gasteiger charge is -2.10.